The zero-order valence-electron chi connectivity index (χ0n) is 16.8. The van der Waals surface area contributed by atoms with Gasteiger partial charge in [0.25, 0.3) is 5.56 Å². The van der Waals surface area contributed by atoms with Crippen LogP contribution in [0, 0.1) is 13.8 Å². The molecule has 2 aliphatic rings. The molecule has 3 heterocycles. The molecule has 0 radical (unpaired) electrons. The number of morpholine rings is 1. The van der Waals surface area contributed by atoms with E-state index < -0.39 is 0 Å². The van der Waals surface area contributed by atoms with Crippen molar-refractivity contribution >= 4 is 11.6 Å². The average molecular weight is 383 g/mol. The highest BCUT2D eigenvalue weighted by Gasteiger charge is 2.27. The number of benzene rings is 1. The van der Waals surface area contributed by atoms with Gasteiger partial charge in [-0.25, -0.2) is 4.98 Å². The molecule has 0 bridgehead atoms. The van der Waals surface area contributed by atoms with Crippen molar-refractivity contribution in [2.45, 2.75) is 26.9 Å². The Hall–Kier alpha value is -2.22. The first-order chi connectivity index (χ1) is 13.6. The minimum atomic E-state index is 0.0568. The molecule has 0 aliphatic carbocycles. The maximum absolute atomic E-state index is 12.9. The lowest BCUT2D eigenvalue weighted by molar-refractivity contribution is 0.0354. The van der Waals surface area contributed by atoms with Gasteiger partial charge in [0.05, 0.1) is 26.6 Å². The lowest BCUT2D eigenvalue weighted by atomic mass is 10.2. The first kappa shape index (κ1) is 19.1. The molecule has 0 unspecified atom stereocenters. The number of para-hydroxylation sites is 1. The Morgan fingerprint density at radius 2 is 1.71 bits per heavy atom. The minimum absolute atomic E-state index is 0.0568. The molecule has 1 aromatic heterocycles. The second-order valence-electron chi connectivity index (χ2n) is 7.60. The van der Waals surface area contributed by atoms with Crippen LogP contribution < -0.4 is 10.5 Å². The van der Waals surface area contributed by atoms with E-state index in [-0.39, 0.29) is 5.56 Å². The van der Waals surface area contributed by atoms with E-state index in [4.69, 9.17) is 9.72 Å². The Labute approximate surface area is 166 Å². The molecule has 0 amide bonds. The van der Waals surface area contributed by atoms with E-state index in [0.29, 0.717) is 6.67 Å². The molecule has 0 N–H and O–H groups in total. The van der Waals surface area contributed by atoms with Gasteiger partial charge < -0.3 is 4.74 Å². The Balaban J connectivity index is 1.54. The van der Waals surface area contributed by atoms with E-state index in [1.165, 1.54) is 0 Å². The number of aryl methyl sites for hydroxylation is 1. The number of fused-ring (bicyclic) bond motifs is 1. The normalized spacial score (nSPS) is 18.3. The smallest absolute Gasteiger partial charge is 0.259 e. The molecular weight excluding hydrogens is 354 g/mol. The Bertz CT molecular complexity index is 861. The maximum atomic E-state index is 12.9. The van der Waals surface area contributed by atoms with Gasteiger partial charge in [0.15, 0.2) is 0 Å². The van der Waals surface area contributed by atoms with E-state index >= 15 is 0 Å². The number of aromatic nitrogens is 2. The summed E-state index contributed by atoms with van der Waals surface area (Å²) < 4.78 is 7.24. The van der Waals surface area contributed by atoms with Crippen molar-refractivity contribution in [2.24, 2.45) is 0 Å². The van der Waals surface area contributed by atoms with Crippen LogP contribution in [0.15, 0.2) is 35.1 Å². The molecule has 0 atom stereocenters. The van der Waals surface area contributed by atoms with Crippen LogP contribution in [-0.2, 0) is 11.4 Å². The third kappa shape index (κ3) is 3.97. The predicted molar refractivity (Wildman–Crippen MR) is 110 cm³/mol. The van der Waals surface area contributed by atoms with Crippen molar-refractivity contribution in [2.75, 3.05) is 51.0 Å². The van der Waals surface area contributed by atoms with E-state index in [9.17, 15) is 4.79 Å². The van der Waals surface area contributed by atoms with Gasteiger partial charge in [-0.2, -0.15) is 0 Å². The molecule has 4 rings (SSSR count). The molecule has 1 aromatic carbocycles. The first-order valence-electron chi connectivity index (χ1n) is 10.1. The lowest BCUT2D eigenvalue weighted by Gasteiger charge is -2.38. The Morgan fingerprint density at radius 3 is 2.46 bits per heavy atom. The predicted octanol–water partition coefficient (Wildman–Crippen LogP) is 1.95. The molecule has 7 heteroatoms. The zero-order valence-corrected chi connectivity index (χ0v) is 16.8. The molecule has 0 spiro atoms. The van der Waals surface area contributed by atoms with Crippen LogP contribution in [0.3, 0.4) is 0 Å². The lowest BCUT2D eigenvalue weighted by Crippen LogP contribution is -2.48. The average Bonchev–Trinajstić information content (AvgIpc) is 2.73. The highest BCUT2D eigenvalue weighted by Crippen LogP contribution is 2.27. The van der Waals surface area contributed by atoms with Crippen LogP contribution in [-0.4, -0.2) is 65.4 Å². The molecule has 1 fully saturated rings. The summed E-state index contributed by atoms with van der Waals surface area (Å²) in [7, 11) is 0. The van der Waals surface area contributed by atoms with Crippen molar-refractivity contribution in [3.05, 3.63) is 51.9 Å². The quantitative estimate of drug-likeness (QED) is 0.787. The SMILES string of the molecule is Cc1nc2n(c(=O)c1C)CN(CCCN1CCOCC1)CN2c1ccccc1. The van der Waals surface area contributed by atoms with Crippen LogP contribution in [0.4, 0.5) is 11.6 Å². The van der Waals surface area contributed by atoms with Crippen LogP contribution in [0.1, 0.15) is 17.7 Å². The topological polar surface area (TPSA) is 53.8 Å². The van der Waals surface area contributed by atoms with Gasteiger partial charge in [0.2, 0.25) is 5.95 Å². The summed E-state index contributed by atoms with van der Waals surface area (Å²) >= 11 is 0. The fourth-order valence-corrected chi connectivity index (χ4v) is 3.87. The number of hydrogen-bond acceptors (Lipinski definition) is 6. The third-order valence-corrected chi connectivity index (χ3v) is 5.66. The van der Waals surface area contributed by atoms with Gasteiger partial charge in [0.1, 0.15) is 0 Å². The second-order valence-corrected chi connectivity index (χ2v) is 7.60. The first-order valence-corrected chi connectivity index (χ1v) is 10.1. The van der Waals surface area contributed by atoms with Gasteiger partial charge in [-0.05, 0) is 38.9 Å². The van der Waals surface area contributed by atoms with Crippen LogP contribution in [0.5, 0.6) is 0 Å². The van der Waals surface area contributed by atoms with Crippen molar-refractivity contribution in [1.82, 2.24) is 19.4 Å². The van der Waals surface area contributed by atoms with Crippen LogP contribution in [0.25, 0.3) is 0 Å². The van der Waals surface area contributed by atoms with Crippen molar-refractivity contribution in [3.63, 3.8) is 0 Å². The zero-order chi connectivity index (χ0) is 19.5. The Kier molecular flexibility index (Phi) is 5.75. The van der Waals surface area contributed by atoms with Gasteiger partial charge in [-0.1, -0.05) is 18.2 Å². The minimum Gasteiger partial charge on any atom is -0.379 e. The van der Waals surface area contributed by atoms with Crippen LogP contribution in [0.2, 0.25) is 0 Å². The van der Waals surface area contributed by atoms with Gasteiger partial charge in [0, 0.05) is 36.6 Å². The summed E-state index contributed by atoms with van der Waals surface area (Å²) in [5.74, 6) is 0.740. The summed E-state index contributed by atoms with van der Waals surface area (Å²) in [4.78, 5) is 24.6. The van der Waals surface area contributed by atoms with Gasteiger partial charge >= 0.3 is 0 Å². The summed E-state index contributed by atoms with van der Waals surface area (Å²) in [5.41, 5.74) is 2.65. The number of hydrogen-bond donors (Lipinski definition) is 0. The number of ether oxygens (including phenoxy) is 1. The van der Waals surface area contributed by atoms with E-state index in [2.05, 4.69) is 26.8 Å². The van der Waals surface area contributed by atoms with E-state index in [1.807, 2.05) is 36.6 Å². The van der Waals surface area contributed by atoms with Gasteiger partial charge in [-0.15, -0.1) is 0 Å². The fourth-order valence-electron chi connectivity index (χ4n) is 3.87. The number of nitrogens with zero attached hydrogens (tertiary/aromatic N) is 5. The highest BCUT2D eigenvalue weighted by molar-refractivity contribution is 5.58. The molecule has 7 nitrogen and oxygen atoms in total. The van der Waals surface area contributed by atoms with Gasteiger partial charge in [-0.3, -0.25) is 24.1 Å². The molecule has 2 aliphatic heterocycles. The molecular formula is C21H29N5O2. The van der Waals surface area contributed by atoms with Crippen LogP contribution >= 0.6 is 0 Å². The summed E-state index contributed by atoms with van der Waals surface area (Å²) in [6.45, 7) is 10.8. The molecule has 2 aromatic rings. The highest BCUT2D eigenvalue weighted by atomic mass is 16.5. The second kappa shape index (κ2) is 8.43. The third-order valence-electron chi connectivity index (χ3n) is 5.66. The summed E-state index contributed by atoms with van der Waals surface area (Å²) in [6.07, 6.45) is 1.07. The number of rotatable bonds is 5. The molecule has 28 heavy (non-hydrogen) atoms. The summed E-state index contributed by atoms with van der Waals surface area (Å²) in [6, 6.07) is 10.2. The Morgan fingerprint density at radius 1 is 1.00 bits per heavy atom. The van der Waals surface area contributed by atoms with Crippen molar-refractivity contribution in [1.29, 1.82) is 0 Å². The molecule has 1 saturated heterocycles. The van der Waals surface area contributed by atoms with E-state index in [0.717, 1.165) is 75.4 Å². The monoisotopic (exact) mass is 383 g/mol. The summed E-state index contributed by atoms with van der Waals surface area (Å²) in [5, 5.41) is 0. The number of anilines is 2. The maximum Gasteiger partial charge on any atom is 0.259 e. The largest absolute Gasteiger partial charge is 0.379 e. The molecule has 150 valence electrons. The van der Waals surface area contributed by atoms with Crippen molar-refractivity contribution in [3.8, 4) is 0 Å². The fraction of sp³-hybridized carbons (Fsp3) is 0.524. The van der Waals surface area contributed by atoms with E-state index in [1.54, 1.807) is 0 Å². The molecule has 0 saturated carbocycles. The standard InChI is InChI=1S/C21H29N5O2/c1-17-18(2)22-21-25(19-7-4-3-5-8-19)15-24(16-26(21)20(17)27)10-6-9-23-11-13-28-14-12-23/h3-5,7-8H,6,9-16H2,1-2H3. The van der Waals surface area contributed by atoms with Crippen molar-refractivity contribution < 1.29 is 4.74 Å².